The smallest absolute Gasteiger partial charge is 0.246 e. The van der Waals surface area contributed by atoms with Gasteiger partial charge in [-0.1, -0.05) is 42.4 Å². The Morgan fingerprint density at radius 1 is 1.04 bits per heavy atom. The highest BCUT2D eigenvalue weighted by atomic mass is 19.1. The number of hydrogen-bond acceptors (Lipinski definition) is 4. The average Bonchev–Trinajstić information content (AvgIpc) is 3.03. The number of rotatable bonds is 5. The number of aromatic nitrogens is 2. The summed E-state index contributed by atoms with van der Waals surface area (Å²) in [6.07, 6.45) is 0.954. The summed E-state index contributed by atoms with van der Waals surface area (Å²) in [7, 11) is 0. The fourth-order valence-corrected chi connectivity index (χ4v) is 2.16. The SMILES string of the molecule is CCc1ccc(-c2noc(CNc3c(F)cccc3F)n2)cc1. The van der Waals surface area contributed by atoms with Crippen molar-refractivity contribution in [2.24, 2.45) is 0 Å². The first-order valence-corrected chi connectivity index (χ1v) is 7.27. The largest absolute Gasteiger partial charge is 0.371 e. The first-order chi connectivity index (χ1) is 11.2. The molecule has 6 heteroatoms. The van der Waals surface area contributed by atoms with Crippen molar-refractivity contribution in [3.8, 4) is 11.4 Å². The van der Waals surface area contributed by atoms with Crippen molar-refractivity contribution >= 4 is 5.69 Å². The Hall–Kier alpha value is -2.76. The van der Waals surface area contributed by atoms with E-state index in [1.807, 2.05) is 24.3 Å². The van der Waals surface area contributed by atoms with Crippen molar-refractivity contribution in [2.75, 3.05) is 5.32 Å². The van der Waals surface area contributed by atoms with Crippen LogP contribution in [0.15, 0.2) is 47.0 Å². The third-order valence-electron chi connectivity index (χ3n) is 3.47. The highest BCUT2D eigenvalue weighted by Gasteiger charge is 2.11. The molecule has 0 aliphatic rings. The molecule has 1 aromatic heterocycles. The summed E-state index contributed by atoms with van der Waals surface area (Å²) in [5.74, 6) is -0.638. The monoisotopic (exact) mass is 315 g/mol. The number of halogens is 2. The molecule has 23 heavy (non-hydrogen) atoms. The van der Waals surface area contributed by atoms with E-state index in [0.29, 0.717) is 5.82 Å². The number of hydrogen-bond donors (Lipinski definition) is 1. The van der Waals surface area contributed by atoms with Crippen LogP contribution in [0.25, 0.3) is 11.4 Å². The Morgan fingerprint density at radius 2 is 1.74 bits per heavy atom. The second-order valence-electron chi connectivity index (χ2n) is 5.01. The summed E-state index contributed by atoms with van der Waals surface area (Å²) >= 11 is 0. The zero-order chi connectivity index (χ0) is 16.2. The maximum atomic E-state index is 13.5. The van der Waals surface area contributed by atoms with Gasteiger partial charge in [-0.15, -0.1) is 0 Å². The number of benzene rings is 2. The maximum Gasteiger partial charge on any atom is 0.246 e. The molecule has 3 aromatic rings. The van der Waals surface area contributed by atoms with E-state index in [4.69, 9.17) is 4.52 Å². The Bertz CT molecular complexity index is 780. The van der Waals surface area contributed by atoms with Gasteiger partial charge in [0, 0.05) is 5.56 Å². The molecule has 0 saturated heterocycles. The summed E-state index contributed by atoms with van der Waals surface area (Å²) in [5.41, 5.74) is 1.84. The topological polar surface area (TPSA) is 51.0 Å². The van der Waals surface area contributed by atoms with Gasteiger partial charge in [0.15, 0.2) is 0 Å². The summed E-state index contributed by atoms with van der Waals surface area (Å²) in [6.45, 7) is 2.12. The lowest BCUT2D eigenvalue weighted by molar-refractivity contribution is 0.383. The molecule has 0 radical (unpaired) electrons. The molecule has 1 heterocycles. The van der Waals surface area contributed by atoms with E-state index in [-0.39, 0.29) is 18.1 Å². The van der Waals surface area contributed by atoms with Crippen LogP contribution in [0, 0.1) is 11.6 Å². The fraction of sp³-hybridized carbons (Fsp3) is 0.176. The molecule has 2 aromatic carbocycles. The van der Waals surface area contributed by atoms with Crippen molar-refractivity contribution in [3.05, 3.63) is 65.6 Å². The van der Waals surface area contributed by atoms with E-state index in [1.165, 1.54) is 23.8 Å². The zero-order valence-electron chi connectivity index (χ0n) is 12.5. The van der Waals surface area contributed by atoms with E-state index in [0.717, 1.165) is 12.0 Å². The molecule has 0 saturated carbocycles. The van der Waals surface area contributed by atoms with Gasteiger partial charge in [-0.25, -0.2) is 8.78 Å². The van der Waals surface area contributed by atoms with E-state index in [1.54, 1.807) is 0 Å². The number of nitrogens with one attached hydrogen (secondary N) is 1. The minimum absolute atomic E-state index is 0.0396. The van der Waals surface area contributed by atoms with Gasteiger partial charge in [0.25, 0.3) is 0 Å². The molecule has 0 aliphatic heterocycles. The summed E-state index contributed by atoms with van der Waals surface area (Å²) in [4.78, 5) is 4.23. The molecule has 0 fully saturated rings. The van der Waals surface area contributed by atoms with E-state index in [2.05, 4.69) is 22.4 Å². The van der Waals surface area contributed by atoms with Crippen LogP contribution < -0.4 is 5.32 Å². The molecule has 3 rings (SSSR count). The molecule has 0 spiro atoms. The lowest BCUT2D eigenvalue weighted by atomic mass is 10.1. The summed E-state index contributed by atoms with van der Waals surface area (Å²) in [5, 5.41) is 6.52. The number of anilines is 1. The quantitative estimate of drug-likeness (QED) is 0.767. The van der Waals surface area contributed by atoms with Crippen molar-refractivity contribution < 1.29 is 13.3 Å². The molecule has 0 amide bonds. The van der Waals surface area contributed by atoms with Gasteiger partial charge in [0.05, 0.1) is 6.54 Å². The van der Waals surface area contributed by atoms with Crippen molar-refractivity contribution in [2.45, 2.75) is 19.9 Å². The van der Waals surface area contributed by atoms with Crippen LogP contribution in [-0.4, -0.2) is 10.1 Å². The molecule has 0 atom stereocenters. The molecule has 118 valence electrons. The first kappa shape index (κ1) is 15.1. The fourth-order valence-electron chi connectivity index (χ4n) is 2.16. The minimum Gasteiger partial charge on any atom is -0.371 e. The van der Waals surface area contributed by atoms with Gasteiger partial charge in [-0.05, 0) is 24.1 Å². The normalized spacial score (nSPS) is 10.7. The Morgan fingerprint density at radius 3 is 2.39 bits per heavy atom. The third kappa shape index (κ3) is 3.36. The van der Waals surface area contributed by atoms with Crippen LogP contribution in [0.5, 0.6) is 0 Å². The van der Waals surface area contributed by atoms with E-state index in [9.17, 15) is 8.78 Å². The van der Waals surface area contributed by atoms with Gasteiger partial charge in [0.2, 0.25) is 11.7 Å². The third-order valence-corrected chi connectivity index (χ3v) is 3.47. The highest BCUT2D eigenvalue weighted by Crippen LogP contribution is 2.20. The predicted molar refractivity (Wildman–Crippen MR) is 82.8 cm³/mol. The molecule has 0 bridgehead atoms. The molecular formula is C17H15F2N3O. The summed E-state index contributed by atoms with van der Waals surface area (Å²) < 4.78 is 32.2. The Balaban J connectivity index is 1.72. The van der Waals surface area contributed by atoms with Crippen LogP contribution in [-0.2, 0) is 13.0 Å². The van der Waals surface area contributed by atoms with Gasteiger partial charge < -0.3 is 9.84 Å². The van der Waals surface area contributed by atoms with Crippen LogP contribution in [0.3, 0.4) is 0 Å². The average molecular weight is 315 g/mol. The standard InChI is InChI=1S/C17H15F2N3O/c1-2-11-6-8-12(9-7-11)17-21-15(23-22-17)10-20-16-13(18)4-3-5-14(16)19/h3-9,20H,2,10H2,1H3. The van der Waals surface area contributed by atoms with Gasteiger partial charge in [0.1, 0.15) is 17.3 Å². The van der Waals surface area contributed by atoms with Crippen LogP contribution in [0.4, 0.5) is 14.5 Å². The molecule has 1 N–H and O–H groups in total. The van der Waals surface area contributed by atoms with Gasteiger partial charge >= 0.3 is 0 Å². The molecule has 0 unspecified atom stereocenters. The molecule has 0 aliphatic carbocycles. The van der Waals surface area contributed by atoms with E-state index < -0.39 is 11.6 Å². The van der Waals surface area contributed by atoms with Gasteiger partial charge in [-0.2, -0.15) is 4.98 Å². The number of para-hydroxylation sites is 1. The Labute approximate surface area is 132 Å². The lowest BCUT2D eigenvalue weighted by Gasteiger charge is -2.05. The van der Waals surface area contributed by atoms with Crippen molar-refractivity contribution in [1.82, 2.24) is 10.1 Å². The Kier molecular flexibility index (Phi) is 4.32. The lowest BCUT2D eigenvalue weighted by Crippen LogP contribution is -2.04. The second-order valence-corrected chi connectivity index (χ2v) is 5.01. The molecular weight excluding hydrogens is 300 g/mol. The number of nitrogens with zero attached hydrogens (tertiary/aromatic N) is 2. The summed E-state index contributed by atoms with van der Waals surface area (Å²) in [6, 6.07) is 11.5. The number of aryl methyl sites for hydroxylation is 1. The van der Waals surface area contributed by atoms with Crippen LogP contribution in [0.1, 0.15) is 18.4 Å². The van der Waals surface area contributed by atoms with E-state index >= 15 is 0 Å². The van der Waals surface area contributed by atoms with Gasteiger partial charge in [-0.3, -0.25) is 0 Å². The predicted octanol–water partition coefficient (Wildman–Crippen LogP) is 4.19. The zero-order valence-corrected chi connectivity index (χ0v) is 12.5. The molecule has 4 nitrogen and oxygen atoms in total. The minimum atomic E-state index is -0.667. The first-order valence-electron chi connectivity index (χ1n) is 7.27. The van der Waals surface area contributed by atoms with Crippen molar-refractivity contribution in [1.29, 1.82) is 0 Å². The highest BCUT2D eigenvalue weighted by molar-refractivity contribution is 5.54. The van der Waals surface area contributed by atoms with Crippen LogP contribution >= 0.6 is 0 Å². The maximum absolute atomic E-state index is 13.5. The van der Waals surface area contributed by atoms with Crippen molar-refractivity contribution in [3.63, 3.8) is 0 Å². The van der Waals surface area contributed by atoms with Crippen LogP contribution in [0.2, 0.25) is 0 Å². The second kappa shape index (κ2) is 6.56.